The summed E-state index contributed by atoms with van der Waals surface area (Å²) in [4.78, 5) is 0. The molecule has 0 aliphatic rings. The highest BCUT2D eigenvalue weighted by atomic mass is 127. The predicted molar refractivity (Wildman–Crippen MR) is 50.3 cm³/mol. The molecule has 1 aromatic carbocycles. The van der Waals surface area contributed by atoms with Gasteiger partial charge in [0.15, 0.2) is 0 Å². The minimum absolute atomic E-state index is 0.512. The zero-order chi connectivity index (χ0) is 8.10. The largest absolute Gasteiger partial charge is 0.431 e. The first-order valence-electron chi connectivity index (χ1n) is 3.01. The highest BCUT2D eigenvalue weighted by Gasteiger charge is 1.94. The summed E-state index contributed by atoms with van der Waals surface area (Å²) in [5.74, 6) is 0.512. The van der Waals surface area contributed by atoms with Gasteiger partial charge in [-0.1, -0.05) is 18.2 Å². The Labute approximate surface area is 78.0 Å². The van der Waals surface area contributed by atoms with Crippen LogP contribution in [0.4, 0.5) is 4.39 Å². The molecular formula is C8H6FIO. The van der Waals surface area contributed by atoms with Crippen LogP contribution in [0.5, 0.6) is 5.75 Å². The third-order valence-electron chi connectivity index (χ3n) is 1.04. The fourth-order valence-corrected chi connectivity index (χ4v) is 0.751. The van der Waals surface area contributed by atoms with E-state index in [1.54, 1.807) is 46.9 Å². The smallest absolute Gasteiger partial charge is 0.284 e. The first kappa shape index (κ1) is 8.52. The Morgan fingerprint density at radius 1 is 1.36 bits per heavy atom. The average molecular weight is 264 g/mol. The summed E-state index contributed by atoms with van der Waals surface area (Å²) in [6.45, 7) is 0. The van der Waals surface area contributed by atoms with Gasteiger partial charge in [-0.05, 0) is 34.7 Å². The van der Waals surface area contributed by atoms with Crippen LogP contribution in [0.15, 0.2) is 40.4 Å². The molecule has 11 heavy (non-hydrogen) atoms. The summed E-state index contributed by atoms with van der Waals surface area (Å²) in [6, 6.07) is 8.22. The Morgan fingerprint density at radius 2 is 2.00 bits per heavy atom. The number of halogens is 2. The maximum absolute atomic E-state index is 12.4. The van der Waals surface area contributed by atoms with Crippen LogP contribution in [0.2, 0.25) is 0 Å². The van der Waals surface area contributed by atoms with Crippen molar-refractivity contribution < 1.29 is 9.13 Å². The normalized spacial score (nSPS) is 11.3. The molecule has 1 aromatic rings. The lowest BCUT2D eigenvalue weighted by molar-refractivity contribution is 0.304. The van der Waals surface area contributed by atoms with Gasteiger partial charge in [0.05, 0.1) is 0 Å². The van der Waals surface area contributed by atoms with E-state index in [-0.39, 0.29) is 0 Å². The molecule has 0 saturated carbocycles. The zero-order valence-corrected chi connectivity index (χ0v) is 7.79. The summed E-state index contributed by atoms with van der Waals surface area (Å²) in [7, 11) is 0. The molecule has 0 N–H and O–H groups in total. The molecule has 0 atom stereocenters. The van der Waals surface area contributed by atoms with Crippen molar-refractivity contribution >= 4 is 22.6 Å². The third kappa shape index (κ3) is 2.88. The van der Waals surface area contributed by atoms with E-state index in [2.05, 4.69) is 0 Å². The number of para-hydroxylation sites is 1. The van der Waals surface area contributed by atoms with Gasteiger partial charge >= 0.3 is 0 Å². The first-order valence-corrected chi connectivity index (χ1v) is 4.26. The lowest BCUT2D eigenvalue weighted by Gasteiger charge is -1.99. The van der Waals surface area contributed by atoms with E-state index in [1.165, 1.54) is 4.08 Å². The standard InChI is InChI=1S/C8H6FIO/c9-8(6-10)11-7-4-2-1-3-5-7/h1-6H. The molecule has 1 rings (SSSR count). The van der Waals surface area contributed by atoms with E-state index in [0.717, 1.165) is 0 Å². The Balaban J connectivity index is 2.65. The van der Waals surface area contributed by atoms with Gasteiger partial charge in [-0.15, -0.1) is 0 Å². The molecule has 0 aliphatic heterocycles. The summed E-state index contributed by atoms with van der Waals surface area (Å²) in [5, 5.41) is 0. The molecule has 0 aliphatic carbocycles. The summed E-state index contributed by atoms with van der Waals surface area (Å²) >= 11 is 1.78. The van der Waals surface area contributed by atoms with Crippen LogP contribution in [0, 0.1) is 0 Å². The van der Waals surface area contributed by atoms with Gasteiger partial charge in [-0.3, -0.25) is 0 Å². The van der Waals surface area contributed by atoms with E-state index in [9.17, 15) is 4.39 Å². The van der Waals surface area contributed by atoms with Crippen LogP contribution in [-0.4, -0.2) is 0 Å². The van der Waals surface area contributed by atoms with Gasteiger partial charge in [0, 0.05) is 4.08 Å². The molecule has 58 valence electrons. The van der Waals surface area contributed by atoms with Gasteiger partial charge in [-0.2, -0.15) is 4.39 Å². The fraction of sp³-hybridized carbons (Fsp3) is 0. The number of hydrogen-bond donors (Lipinski definition) is 0. The van der Waals surface area contributed by atoms with E-state index in [1.807, 2.05) is 6.07 Å². The number of ether oxygens (including phenoxy) is 1. The summed E-state index contributed by atoms with van der Waals surface area (Å²) in [6.07, 6.45) is 0. The lowest BCUT2D eigenvalue weighted by Crippen LogP contribution is -1.86. The van der Waals surface area contributed by atoms with Crippen molar-refractivity contribution in [1.82, 2.24) is 0 Å². The lowest BCUT2D eigenvalue weighted by atomic mass is 10.3. The molecular weight excluding hydrogens is 258 g/mol. The molecule has 0 spiro atoms. The average Bonchev–Trinajstić information content (AvgIpc) is 2.06. The highest BCUT2D eigenvalue weighted by molar-refractivity contribution is 14.1. The van der Waals surface area contributed by atoms with Crippen molar-refractivity contribution in [2.75, 3.05) is 0 Å². The molecule has 0 radical (unpaired) electrons. The zero-order valence-electron chi connectivity index (χ0n) is 5.63. The third-order valence-corrected chi connectivity index (χ3v) is 1.53. The maximum atomic E-state index is 12.4. The Bertz CT molecular complexity index is 246. The van der Waals surface area contributed by atoms with E-state index in [0.29, 0.717) is 5.75 Å². The number of hydrogen-bond acceptors (Lipinski definition) is 1. The minimum Gasteiger partial charge on any atom is -0.431 e. The van der Waals surface area contributed by atoms with Crippen molar-refractivity contribution in [3.63, 3.8) is 0 Å². The van der Waals surface area contributed by atoms with Crippen molar-refractivity contribution in [3.8, 4) is 5.75 Å². The monoisotopic (exact) mass is 264 g/mol. The summed E-state index contributed by atoms with van der Waals surface area (Å²) in [5.41, 5.74) is 0. The van der Waals surface area contributed by atoms with Gasteiger partial charge in [0.1, 0.15) is 5.75 Å². The Hall–Kier alpha value is -0.580. The van der Waals surface area contributed by atoms with Crippen LogP contribution in [-0.2, 0) is 0 Å². The van der Waals surface area contributed by atoms with Crippen molar-refractivity contribution in [2.24, 2.45) is 0 Å². The molecule has 0 amide bonds. The SMILES string of the molecule is FC(=CI)Oc1ccccc1. The molecule has 0 heterocycles. The van der Waals surface area contributed by atoms with Crippen LogP contribution in [0.25, 0.3) is 0 Å². The molecule has 0 bridgehead atoms. The fourth-order valence-electron chi connectivity index (χ4n) is 0.623. The Kier molecular flexibility index (Phi) is 3.35. The Morgan fingerprint density at radius 3 is 2.55 bits per heavy atom. The number of benzene rings is 1. The van der Waals surface area contributed by atoms with E-state index in [4.69, 9.17) is 4.74 Å². The quantitative estimate of drug-likeness (QED) is 0.588. The van der Waals surface area contributed by atoms with Gasteiger partial charge < -0.3 is 4.74 Å². The first-order chi connectivity index (χ1) is 5.33. The molecule has 0 aromatic heterocycles. The second kappa shape index (κ2) is 4.33. The molecule has 0 saturated heterocycles. The van der Waals surface area contributed by atoms with E-state index >= 15 is 0 Å². The van der Waals surface area contributed by atoms with Gasteiger partial charge in [0.2, 0.25) is 0 Å². The predicted octanol–water partition coefficient (Wildman–Crippen LogP) is 3.27. The van der Waals surface area contributed by atoms with Crippen LogP contribution >= 0.6 is 22.6 Å². The summed E-state index contributed by atoms with van der Waals surface area (Å²) < 4.78 is 18.4. The molecule has 0 fully saturated rings. The van der Waals surface area contributed by atoms with Gasteiger partial charge in [0.25, 0.3) is 6.01 Å². The van der Waals surface area contributed by atoms with Gasteiger partial charge in [-0.25, -0.2) is 0 Å². The maximum Gasteiger partial charge on any atom is 0.284 e. The van der Waals surface area contributed by atoms with Crippen LogP contribution in [0.3, 0.4) is 0 Å². The molecule has 1 nitrogen and oxygen atoms in total. The van der Waals surface area contributed by atoms with Crippen LogP contribution in [0.1, 0.15) is 0 Å². The van der Waals surface area contributed by atoms with Crippen LogP contribution < -0.4 is 4.74 Å². The molecule has 3 heteroatoms. The van der Waals surface area contributed by atoms with Crippen molar-refractivity contribution in [1.29, 1.82) is 0 Å². The minimum atomic E-state index is -0.586. The second-order valence-electron chi connectivity index (χ2n) is 1.83. The topological polar surface area (TPSA) is 9.23 Å². The number of rotatable bonds is 2. The van der Waals surface area contributed by atoms with E-state index < -0.39 is 6.01 Å². The van der Waals surface area contributed by atoms with Crippen molar-refractivity contribution in [3.05, 3.63) is 40.4 Å². The second-order valence-corrected chi connectivity index (χ2v) is 2.45. The highest BCUT2D eigenvalue weighted by Crippen LogP contribution is 2.13. The van der Waals surface area contributed by atoms with Crippen molar-refractivity contribution in [2.45, 2.75) is 0 Å². The molecule has 0 unspecified atom stereocenters.